The lowest BCUT2D eigenvalue weighted by Gasteiger charge is -2.52. The van der Waals surface area contributed by atoms with Gasteiger partial charge in [0.2, 0.25) is 5.82 Å². The number of rotatable bonds is 4. The lowest BCUT2D eigenvalue weighted by atomic mass is 9.61. The maximum Gasteiger partial charge on any atom is 0.282 e. The van der Waals surface area contributed by atoms with Crippen molar-refractivity contribution in [3.63, 3.8) is 0 Å². The van der Waals surface area contributed by atoms with Crippen LogP contribution in [0.2, 0.25) is 0 Å². The molecule has 0 saturated carbocycles. The predicted octanol–water partition coefficient (Wildman–Crippen LogP) is 1.33. The van der Waals surface area contributed by atoms with Gasteiger partial charge >= 0.3 is 0 Å². The van der Waals surface area contributed by atoms with E-state index in [0.717, 1.165) is 64.8 Å². The van der Waals surface area contributed by atoms with E-state index in [1.54, 1.807) is 6.07 Å². The van der Waals surface area contributed by atoms with E-state index in [2.05, 4.69) is 29.5 Å². The van der Waals surface area contributed by atoms with Crippen molar-refractivity contribution < 1.29 is 31.3 Å². The van der Waals surface area contributed by atoms with E-state index in [9.17, 15) is 9.90 Å². The minimum atomic E-state index is -0.317. The summed E-state index contributed by atoms with van der Waals surface area (Å²) in [5.41, 5.74) is 5.60. The monoisotopic (exact) mass is 502 g/mol. The zero-order chi connectivity index (χ0) is 23.8. The highest BCUT2D eigenvalue weighted by atomic mass is 35.5. The summed E-state index contributed by atoms with van der Waals surface area (Å²) in [5.74, 6) is 1.59. The van der Waals surface area contributed by atoms with E-state index < -0.39 is 0 Å². The minimum Gasteiger partial charge on any atom is -1.00 e. The second kappa shape index (κ2) is 8.05. The Morgan fingerprint density at radius 3 is 2.83 bits per heavy atom. The Kier molecular flexibility index (Phi) is 5.14. The van der Waals surface area contributed by atoms with E-state index in [4.69, 9.17) is 9.51 Å². The first-order chi connectivity index (χ1) is 17.1. The number of carbonyl (C=O) groups is 1. The number of phenolic OH excluding ortho intramolecular Hbond substituents is 1. The molecule has 1 unspecified atom stereocenters. The van der Waals surface area contributed by atoms with Gasteiger partial charge in [0.15, 0.2) is 6.54 Å². The summed E-state index contributed by atoms with van der Waals surface area (Å²) in [6.07, 6.45) is 5.02. The van der Waals surface area contributed by atoms with Crippen molar-refractivity contribution in [2.45, 2.75) is 37.8 Å². The van der Waals surface area contributed by atoms with Crippen LogP contribution in [0.1, 0.15) is 31.2 Å². The standard InChI is InChI=1S/C28H26N4O3.ClH/c1-2-17-14-32(15-24-29-27(31-35-24)18-7-4-3-5-8-18)12-11-28-21-9-6-10-22(34)25(21)30-26(28)20(16-33)19(17)13-23(28)32;/h2-10,16,19,23H,11-15H2,1H3,(H-,30,33,34);1H/b17-2-;/t19-,23-,28+,32?;/m0./s1. The number of para-hydroxylation sites is 1. The zero-order valence-electron chi connectivity index (χ0n) is 19.9. The number of quaternary nitrogens is 1. The highest BCUT2D eigenvalue weighted by Gasteiger charge is 2.69. The molecule has 1 spiro atoms. The SMILES string of the molecule is C/C=C1/C[N+]2(Cc3nc(-c4ccccc4)no3)CC[C@]34C(=C(C=O)[C@H]1C[C@@H]32)Nc1c(O)cccc14.[Cl-]. The first kappa shape index (κ1) is 23.0. The molecule has 0 radical (unpaired) electrons. The Balaban J connectivity index is 0.00000240. The molecule has 184 valence electrons. The normalized spacial score (nSPS) is 30.4. The van der Waals surface area contributed by atoms with Gasteiger partial charge in [-0.3, -0.25) is 4.79 Å². The Morgan fingerprint density at radius 1 is 1.22 bits per heavy atom. The molecule has 1 aromatic heterocycles. The van der Waals surface area contributed by atoms with Crippen LogP contribution in [0.25, 0.3) is 11.4 Å². The molecule has 2 aromatic carbocycles. The van der Waals surface area contributed by atoms with Gasteiger partial charge in [-0.05, 0) is 24.1 Å². The van der Waals surface area contributed by atoms with Crippen molar-refractivity contribution in [1.29, 1.82) is 0 Å². The van der Waals surface area contributed by atoms with Crippen molar-refractivity contribution in [3.05, 3.63) is 82.9 Å². The molecule has 36 heavy (non-hydrogen) atoms. The third kappa shape index (κ3) is 2.87. The number of piperidine rings is 1. The Bertz CT molecular complexity index is 1430. The summed E-state index contributed by atoms with van der Waals surface area (Å²) in [7, 11) is 0. The van der Waals surface area contributed by atoms with E-state index in [0.29, 0.717) is 18.3 Å². The van der Waals surface area contributed by atoms with E-state index >= 15 is 0 Å². The van der Waals surface area contributed by atoms with Crippen molar-refractivity contribution in [3.8, 4) is 17.1 Å². The van der Waals surface area contributed by atoms with Gasteiger partial charge in [0, 0.05) is 35.6 Å². The lowest BCUT2D eigenvalue weighted by molar-refractivity contribution is -0.955. The number of hydrogen-bond acceptors (Lipinski definition) is 6. The topological polar surface area (TPSA) is 88.2 Å². The molecule has 2 bridgehead atoms. The molecule has 4 atom stereocenters. The Morgan fingerprint density at radius 2 is 2.06 bits per heavy atom. The summed E-state index contributed by atoms with van der Waals surface area (Å²) in [5, 5.41) is 18.5. The summed E-state index contributed by atoms with van der Waals surface area (Å²) in [6, 6.07) is 15.9. The molecule has 8 heteroatoms. The van der Waals surface area contributed by atoms with Crippen LogP contribution in [-0.2, 0) is 16.8 Å². The number of carbonyl (C=O) groups excluding carboxylic acids is 1. The van der Waals surface area contributed by atoms with Crippen molar-refractivity contribution in [1.82, 2.24) is 10.1 Å². The van der Waals surface area contributed by atoms with E-state index in [1.807, 2.05) is 36.4 Å². The molecular formula is C28H27ClN4O3. The Labute approximate surface area is 215 Å². The van der Waals surface area contributed by atoms with Crippen LogP contribution in [0, 0.1) is 5.92 Å². The highest BCUT2D eigenvalue weighted by molar-refractivity contribution is 5.86. The number of hydrogen-bond donors (Lipinski definition) is 2. The van der Waals surface area contributed by atoms with Crippen LogP contribution in [0.15, 0.2) is 76.0 Å². The van der Waals surface area contributed by atoms with Crippen molar-refractivity contribution in [2.24, 2.45) is 5.92 Å². The summed E-state index contributed by atoms with van der Waals surface area (Å²) in [6.45, 7) is 4.51. The first-order valence-corrected chi connectivity index (χ1v) is 12.3. The molecule has 3 aliphatic heterocycles. The van der Waals surface area contributed by atoms with E-state index in [-0.39, 0.29) is 35.5 Å². The molecule has 7 rings (SSSR count). The third-order valence-corrected chi connectivity index (χ3v) is 8.92. The van der Waals surface area contributed by atoms with Gasteiger partial charge in [0.25, 0.3) is 5.89 Å². The highest BCUT2D eigenvalue weighted by Crippen LogP contribution is 2.64. The van der Waals surface area contributed by atoms with Crippen LogP contribution < -0.4 is 17.7 Å². The number of nitrogens with one attached hydrogen (secondary N) is 1. The molecule has 4 heterocycles. The summed E-state index contributed by atoms with van der Waals surface area (Å²) in [4.78, 5) is 17.2. The number of fused-ring (bicyclic) bond motifs is 2. The number of anilines is 1. The number of halogens is 1. The molecule has 2 fully saturated rings. The van der Waals surface area contributed by atoms with Gasteiger partial charge in [0.05, 0.1) is 17.6 Å². The Hall–Kier alpha value is -3.42. The minimum absolute atomic E-state index is 0. The average molecular weight is 503 g/mol. The molecule has 3 aromatic rings. The maximum absolute atomic E-state index is 12.5. The zero-order valence-corrected chi connectivity index (χ0v) is 20.7. The fourth-order valence-electron chi connectivity index (χ4n) is 7.47. The van der Waals surface area contributed by atoms with Crippen molar-refractivity contribution >= 4 is 12.0 Å². The van der Waals surface area contributed by atoms with Crippen molar-refractivity contribution in [2.75, 3.05) is 18.4 Å². The number of benzene rings is 2. The van der Waals surface area contributed by atoms with Crippen LogP contribution in [0.3, 0.4) is 0 Å². The molecule has 2 saturated heterocycles. The lowest BCUT2D eigenvalue weighted by Crippen LogP contribution is -3.00. The van der Waals surface area contributed by atoms with Crippen LogP contribution in [0.5, 0.6) is 5.75 Å². The van der Waals surface area contributed by atoms with E-state index in [1.165, 1.54) is 5.57 Å². The van der Waals surface area contributed by atoms with Gasteiger partial charge in [0.1, 0.15) is 24.6 Å². The molecular weight excluding hydrogens is 476 g/mol. The van der Waals surface area contributed by atoms with Crippen LogP contribution in [0.4, 0.5) is 5.69 Å². The van der Waals surface area contributed by atoms with Gasteiger partial charge in [-0.15, -0.1) is 0 Å². The fourth-order valence-corrected chi connectivity index (χ4v) is 7.47. The molecule has 1 aliphatic carbocycles. The van der Waals surface area contributed by atoms with Crippen LogP contribution >= 0.6 is 0 Å². The number of aromatic hydroxyl groups is 1. The second-order valence-corrected chi connectivity index (χ2v) is 10.3. The number of phenols is 1. The van der Waals surface area contributed by atoms with Gasteiger partial charge in [-0.2, -0.15) is 4.98 Å². The fraction of sp³-hybridized carbons (Fsp3) is 0.321. The predicted molar refractivity (Wildman–Crippen MR) is 130 cm³/mol. The summed E-state index contributed by atoms with van der Waals surface area (Å²) >= 11 is 0. The van der Waals surface area contributed by atoms with Gasteiger partial charge < -0.3 is 31.8 Å². The summed E-state index contributed by atoms with van der Waals surface area (Å²) < 4.78 is 6.61. The number of nitrogens with zero attached hydrogens (tertiary/aromatic N) is 3. The maximum atomic E-state index is 12.5. The largest absolute Gasteiger partial charge is 1.00 e. The average Bonchev–Trinajstić information content (AvgIpc) is 3.58. The molecule has 2 N–H and O–H groups in total. The van der Waals surface area contributed by atoms with Gasteiger partial charge in [-0.25, -0.2) is 0 Å². The molecule has 0 amide bonds. The number of aldehydes is 1. The first-order valence-electron chi connectivity index (χ1n) is 12.3. The molecule has 4 aliphatic rings. The number of allylic oxidation sites excluding steroid dienone is 2. The van der Waals surface area contributed by atoms with Gasteiger partial charge in [-0.1, -0.05) is 53.7 Å². The second-order valence-electron chi connectivity index (χ2n) is 10.3. The smallest absolute Gasteiger partial charge is 0.282 e. The van der Waals surface area contributed by atoms with Crippen LogP contribution in [-0.4, -0.2) is 45.1 Å². The third-order valence-electron chi connectivity index (χ3n) is 8.92. The molecule has 7 nitrogen and oxygen atoms in total. The number of aromatic nitrogens is 2. The quantitative estimate of drug-likeness (QED) is 0.242.